The Balaban J connectivity index is 1.54. The summed E-state index contributed by atoms with van der Waals surface area (Å²) in [7, 11) is 1.55. The van der Waals surface area contributed by atoms with Gasteiger partial charge in [-0.25, -0.2) is 10.3 Å². The molecule has 8 nitrogen and oxygen atoms in total. The first kappa shape index (κ1) is 18.7. The van der Waals surface area contributed by atoms with Gasteiger partial charge in [-0.2, -0.15) is 0 Å². The minimum absolute atomic E-state index is 0.356. The number of nitrogens with one attached hydrogen (secondary N) is 1. The van der Waals surface area contributed by atoms with Crippen molar-refractivity contribution in [3.63, 3.8) is 0 Å². The molecule has 2 aromatic carbocycles. The van der Waals surface area contributed by atoms with Crippen LogP contribution in [0.2, 0.25) is 0 Å². The van der Waals surface area contributed by atoms with E-state index in [0.29, 0.717) is 28.3 Å². The first-order chi connectivity index (χ1) is 13.7. The molecule has 0 spiro atoms. The number of hydrogen-bond donors (Lipinski definition) is 1. The van der Waals surface area contributed by atoms with E-state index in [1.807, 2.05) is 0 Å². The van der Waals surface area contributed by atoms with Crippen LogP contribution >= 0.6 is 0 Å². The zero-order chi connectivity index (χ0) is 19.8. The summed E-state index contributed by atoms with van der Waals surface area (Å²) in [6.45, 7) is 0. The van der Waals surface area contributed by atoms with Crippen molar-refractivity contribution in [3.05, 3.63) is 84.2 Å². The van der Waals surface area contributed by atoms with Crippen molar-refractivity contribution < 1.29 is 19.2 Å². The monoisotopic (exact) mass is 376 g/mol. The average molecular weight is 376 g/mol. The van der Waals surface area contributed by atoms with E-state index >= 15 is 0 Å². The molecule has 28 heavy (non-hydrogen) atoms. The summed E-state index contributed by atoms with van der Waals surface area (Å²) in [6.07, 6.45) is 2.99. The molecule has 0 atom stereocenters. The fraction of sp³-hybridized carbons (Fsp3) is 0.0500. The Morgan fingerprint density at radius 2 is 1.71 bits per heavy atom. The number of benzene rings is 2. The first-order valence-corrected chi connectivity index (χ1v) is 8.23. The highest BCUT2D eigenvalue weighted by atomic mass is 16.7. The quantitative estimate of drug-likeness (QED) is 0.511. The highest BCUT2D eigenvalue weighted by molar-refractivity contribution is 5.94. The third-order valence-electron chi connectivity index (χ3n) is 3.62. The molecule has 0 unspecified atom stereocenters. The lowest BCUT2D eigenvalue weighted by molar-refractivity contribution is 0.0596. The van der Waals surface area contributed by atoms with E-state index in [1.165, 1.54) is 6.20 Å². The number of nitrogens with zero attached hydrogens (tertiary/aromatic N) is 3. The van der Waals surface area contributed by atoms with Gasteiger partial charge in [0.25, 0.3) is 5.91 Å². The van der Waals surface area contributed by atoms with Gasteiger partial charge in [-0.15, -0.1) is 10.2 Å². The molecule has 0 radical (unpaired) electrons. The summed E-state index contributed by atoms with van der Waals surface area (Å²) in [5.74, 6) is -0.367. The van der Waals surface area contributed by atoms with E-state index < -0.39 is 11.9 Å². The molecule has 8 heteroatoms. The van der Waals surface area contributed by atoms with Crippen LogP contribution in [0.5, 0.6) is 5.75 Å². The van der Waals surface area contributed by atoms with Gasteiger partial charge in [-0.3, -0.25) is 9.78 Å². The van der Waals surface area contributed by atoms with Gasteiger partial charge < -0.3 is 9.57 Å². The number of carbonyl (C=O) groups is 2. The highest BCUT2D eigenvalue weighted by Crippen LogP contribution is 2.18. The Morgan fingerprint density at radius 1 is 0.964 bits per heavy atom. The molecule has 0 aliphatic rings. The predicted molar refractivity (Wildman–Crippen MR) is 102 cm³/mol. The number of hydrogen-bond acceptors (Lipinski definition) is 7. The van der Waals surface area contributed by atoms with Gasteiger partial charge in [0.05, 0.1) is 29.6 Å². The van der Waals surface area contributed by atoms with Crippen molar-refractivity contribution in [2.45, 2.75) is 0 Å². The second-order valence-corrected chi connectivity index (χ2v) is 5.51. The molecule has 0 saturated carbocycles. The summed E-state index contributed by atoms with van der Waals surface area (Å²) in [5.41, 5.74) is 4.32. The van der Waals surface area contributed by atoms with Crippen LogP contribution in [-0.4, -0.2) is 24.0 Å². The summed E-state index contributed by atoms with van der Waals surface area (Å²) < 4.78 is 5.04. The third-order valence-corrected chi connectivity index (χ3v) is 3.62. The van der Waals surface area contributed by atoms with Gasteiger partial charge >= 0.3 is 5.97 Å². The Morgan fingerprint density at radius 3 is 2.36 bits per heavy atom. The third kappa shape index (κ3) is 4.98. The van der Waals surface area contributed by atoms with Crippen molar-refractivity contribution in [2.75, 3.05) is 12.6 Å². The van der Waals surface area contributed by atoms with Crippen LogP contribution in [0.3, 0.4) is 0 Å². The van der Waals surface area contributed by atoms with Crippen LogP contribution in [0.15, 0.2) is 83.3 Å². The molecule has 140 valence electrons. The Labute approximate surface area is 160 Å². The molecule has 1 aromatic heterocycles. The van der Waals surface area contributed by atoms with Crippen LogP contribution in [-0.2, 0) is 4.84 Å². The maximum absolute atomic E-state index is 12.0. The molecule has 3 aromatic rings. The van der Waals surface area contributed by atoms with Crippen LogP contribution in [0.1, 0.15) is 20.7 Å². The predicted octanol–water partition coefficient (Wildman–Crippen LogP) is 4.20. The number of anilines is 1. The van der Waals surface area contributed by atoms with Crippen LogP contribution < -0.4 is 10.2 Å². The van der Waals surface area contributed by atoms with Crippen molar-refractivity contribution in [2.24, 2.45) is 10.2 Å². The summed E-state index contributed by atoms with van der Waals surface area (Å²) >= 11 is 0. The van der Waals surface area contributed by atoms with Crippen molar-refractivity contribution in [3.8, 4) is 5.75 Å². The molecule has 1 heterocycles. The fourth-order valence-electron chi connectivity index (χ4n) is 2.14. The normalized spacial score (nSPS) is 10.5. The number of pyridine rings is 1. The second-order valence-electron chi connectivity index (χ2n) is 5.51. The number of azo groups is 1. The second kappa shape index (κ2) is 9.04. The minimum Gasteiger partial charge on any atom is -0.497 e. The van der Waals surface area contributed by atoms with E-state index in [2.05, 4.69) is 20.7 Å². The van der Waals surface area contributed by atoms with Crippen LogP contribution in [0, 0.1) is 0 Å². The summed E-state index contributed by atoms with van der Waals surface area (Å²) in [4.78, 5) is 32.8. The van der Waals surface area contributed by atoms with Gasteiger partial charge in [0.2, 0.25) is 0 Å². The smallest absolute Gasteiger partial charge is 0.362 e. The molecule has 0 saturated heterocycles. The Bertz CT molecular complexity index is 971. The number of amides is 1. The first-order valence-electron chi connectivity index (χ1n) is 8.23. The van der Waals surface area contributed by atoms with E-state index in [-0.39, 0.29) is 0 Å². The number of rotatable bonds is 6. The van der Waals surface area contributed by atoms with Gasteiger partial charge in [0.1, 0.15) is 5.75 Å². The Kier molecular flexibility index (Phi) is 6.04. The van der Waals surface area contributed by atoms with E-state index in [9.17, 15) is 9.59 Å². The SMILES string of the molecule is COc1ccc(C(=O)ONc2ccc(N=NC(=O)c3cccnc3)cc2)cc1. The van der Waals surface area contributed by atoms with Gasteiger partial charge in [-0.1, -0.05) is 0 Å². The molecular formula is C20H16N4O4. The standard InChI is InChI=1S/C20H16N4O4/c1-27-18-10-4-14(5-11-18)20(26)28-24-17-8-6-16(7-9-17)22-23-19(25)15-3-2-12-21-13-15/h2-13,24H,1H3. The molecule has 0 bridgehead atoms. The number of ether oxygens (including phenoxy) is 1. The topological polar surface area (TPSA) is 102 Å². The summed E-state index contributed by atoms with van der Waals surface area (Å²) in [5, 5.41) is 7.54. The molecular weight excluding hydrogens is 360 g/mol. The summed E-state index contributed by atoms with van der Waals surface area (Å²) in [6, 6.07) is 16.3. The molecule has 0 aliphatic carbocycles. The maximum Gasteiger partial charge on any atom is 0.362 e. The lowest BCUT2D eigenvalue weighted by atomic mass is 10.2. The van der Waals surface area contributed by atoms with Crippen LogP contribution in [0.25, 0.3) is 0 Å². The fourth-order valence-corrected chi connectivity index (χ4v) is 2.14. The van der Waals surface area contributed by atoms with E-state index in [1.54, 1.807) is 74.0 Å². The highest BCUT2D eigenvalue weighted by Gasteiger charge is 2.08. The molecule has 1 amide bonds. The van der Waals surface area contributed by atoms with Gasteiger partial charge in [-0.05, 0) is 60.7 Å². The molecule has 1 N–H and O–H groups in total. The van der Waals surface area contributed by atoms with E-state index in [4.69, 9.17) is 9.57 Å². The van der Waals surface area contributed by atoms with Gasteiger partial charge in [0, 0.05) is 12.4 Å². The van der Waals surface area contributed by atoms with Crippen LogP contribution in [0.4, 0.5) is 11.4 Å². The minimum atomic E-state index is -0.534. The zero-order valence-electron chi connectivity index (χ0n) is 14.9. The van der Waals surface area contributed by atoms with Crippen molar-refractivity contribution >= 4 is 23.3 Å². The number of aromatic nitrogens is 1. The molecule has 3 rings (SSSR count). The lowest BCUT2D eigenvalue weighted by Crippen LogP contribution is -2.10. The number of carbonyl (C=O) groups excluding carboxylic acids is 2. The largest absolute Gasteiger partial charge is 0.497 e. The molecule has 0 aliphatic heterocycles. The Hall–Kier alpha value is -4.07. The lowest BCUT2D eigenvalue weighted by Gasteiger charge is -2.07. The average Bonchev–Trinajstić information content (AvgIpc) is 2.77. The van der Waals surface area contributed by atoms with E-state index in [0.717, 1.165) is 0 Å². The zero-order valence-corrected chi connectivity index (χ0v) is 14.9. The number of methoxy groups -OCH3 is 1. The van der Waals surface area contributed by atoms with Crippen molar-refractivity contribution in [1.29, 1.82) is 0 Å². The molecule has 0 fully saturated rings. The van der Waals surface area contributed by atoms with Crippen molar-refractivity contribution in [1.82, 2.24) is 4.98 Å². The van der Waals surface area contributed by atoms with Gasteiger partial charge in [0.15, 0.2) is 0 Å². The maximum atomic E-state index is 12.0.